The van der Waals surface area contributed by atoms with Crippen LogP contribution in [0.15, 0.2) is 48.5 Å². The number of Topliss-reactive ketones (excluding diaryl/α,β-unsaturated/α-hetero) is 1. The molecular formula is C23H27NO6. The highest BCUT2D eigenvalue weighted by Gasteiger charge is 2.12. The van der Waals surface area contributed by atoms with Crippen molar-refractivity contribution < 1.29 is 28.6 Å². The fourth-order valence-electron chi connectivity index (χ4n) is 2.53. The summed E-state index contributed by atoms with van der Waals surface area (Å²) in [5.41, 5.74) is 1.61. The number of hydrogen-bond acceptors (Lipinski definition) is 6. The van der Waals surface area contributed by atoms with E-state index in [9.17, 15) is 14.4 Å². The lowest BCUT2D eigenvalue weighted by Crippen LogP contribution is -2.32. The molecule has 0 bridgehead atoms. The first-order valence-electron chi connectivity index (χ1n) is 9.85. The van der Waals surface area contributed by atoms with Gasteiger partial charge in [-0.05, 0) is 38.1 Å². The lowest BCUT2D eigenvalue weighted by molar-refractivity contribution is -0.148. The molecule has 2 rings (SSSR count). The van der Waals surface area contributed by atoms with Crippen molar-refractivity contribution in [1.82, 2.24) is 5.32 Å². The molecule has 0 aromatic heterocycles. The van der Waals surface area contributed by atoms with E-state index < -0.39 is 11.9 Å². The second kappa shape index (κ2) is 12.3. The zero-order valence-electron chi connectivity index (χ0n) is 17.3. The Bertz CT molecular complexity index is 830. The van der Waals surface area contributed by atoms with Crippen LogP contribution in [0, 0.1) is 6.92 Å². The molecule has 0 radical (unpaired) electrons. The second-order valence-electron chi connectivity index (χ2n) is 6.55. The van der Waals surface area contributed by atoms with Gasteiger partial charge in [0.25, 0.3) is 5.91 Å². The van der Waals surface area contributed by atoms with Crippen LogP contribution in [-0.2, 0) is 14.3 Å². The van der Waals surface area contributed by atoms with Crippen molar-refractivity contribution >= 4 is 17.7 Å². The number of benzene rings is 2. The summed E-state index contributed by atoms with van der Waals surface area (Å²) in [5.74, 6) is 0.278. The van der Waals surface area contributed by atoms with E-state index in [2.05, 4.69) is 5.32 Å². The predicted octanol–water partition coefficient (Wildman–Crippen LogP) is 3.10. The van der Waals surface area contributed by atoms with Crippen LogP contribution in [0.4, 0.5) is 0 Å². The lowest BCUT2D eigenvalue weighted by Gasteiger charge is -2.09. The standard InChI is InChI=1S/C23H27NO6/c1-3-28-19-8-10-20(11-9-19)29-15-14-24-22(26)16-30-23(27)13-12-21(25)18-6-4-17(2)5-7-18/h4-11H,3,12-16H2,1-2H3,(H,24,26). The quantitative estimate of drug-likeness (QED) is 0.327. The Morgan fingerprint density at radius 1 is 0.867 bits per heavy atom. The first-order valence-corrected chi connectivity index (χ1v) is 9.85. The highest BCUT2D eigenvalue weighted by molar-refractivity contribution is 5.97. The van der Waals surface area contributed by atoms with Gasteiger partial charge < -0.3 is 19.5 Å². The van der Waals surface area contributed by atoms with Gasteiger partial charge in [0.15, 0.2) is 12.4 Å². The number of ether oxygens (including phenoxy) is 3. The Balaban J connectivity index is 1.57. The molecule has 0 atom stereocenters. The summed E-state index contributed by atoms with van der Waals surface area (Å²) in [6.07, 6.45) is -0.0275. The van der Waals surface area contributed by atoms with E-state index in [1.165, 1.54) is 0 Å². The van der Waals surface area contributed by atoms with Gasteiger partial charge in [-0.2, -0.15) is 0 Å². The minimum atomic E-state index is -0.587. The van der Waals surface area contributed by atoms with Crippen molar-refractivity contribution in [1.29, 1.82) is 0 Å². The maximum absolute atomic E-state index is 12.0. The van der Waals surface area contributed by atoms with Gasteiger partial charge in [-0.3, -0.25) is 14.4 Å². The van der Waals surface area contributed by atoms with Crippen molar-refractivity contribution in [3.63, 3.8) is 0 Å². The normalized spacial score (nSPS) is 10.2. The van der Waals surface area contributed by atoms with Crippen molar-refractivity contribution in [3.05, 3.63) is 59.7 Å². The van der Waals surface area contributed by atoms with Gasteiger partial charge in [-0.25, -0.2) is 0 Å². The Hall–Kier alpha value is -3.35. The summed E-state index contributed by atoms with van der Waals surface area (Å²) in [4.78, 5) is 35.5. The van der Waals surface area contributed by atoms with Crippen LogP contribution in [0.25, 0.3) is 0 Å². The van der Waals surface area contributed by atoms with Crippen LogP contribution < -0.4 is 14.8 Å². The molecule has 0 unspecified atom stereocenters. The smallest absolute Gasteiger partial charge is 0.306 e. The molecule has 0 spiro atoms. The van der Waals surface area contributed by atoms with Gasteiger partial charge in [0.2, 0.25) is 0 Å². The molecule has 2 aromatic rings. The maximum Gasteiger partial charge on any atom is 0.306 e. The summed E-state index contributed by atoms with van der Waals surface area (Å²) >= 11 is 0. The minimum absolute atomic E-state index is 0.0411. The number of rotatable bonds is 12. The van der Waals surface area contributed by atoms with E-state index >= 15 is 0 Å². The molecule has 0 aliphatic carbocycles. The van der Waals surface area contributed by atoms with Crippen LogP contribution in [0.3, 0.4) is 0 Å². The minimum Gasteiger partial charge on any atom is -0.494 e. The van der Waals surface area contributed by atoms with Gasteiger partial charge in [0, 0.05) is 12.0 Å². The highest BCUT2D eigenvalue weighted by atomic mass is 16.5. The van der Waals surface area contributed by atoms with E-state index in [1.54, 1.807) is 36.4 Å². The lowest BCUT2D eigenvalue weighted by atomic mass is 10.1. The molecule has 7 heteroatoms. The largest absolute Gasteiger partial charge is 0.494 e. The molecule has 2 aromatic carbocycles. The molecule has 7 nitrogen and oxygen atoms in total. The van der Waals surface area contributed by atoms with E-state index in [4.69, 9.17) is 14.2 Å². The maximum atomic E-state index is 12.0. The first kappa shape index (κ1) is 22.9. The van der Waals surface area contributed by atoms with Crippen molar-refractivity contribution in [2.75, 3.05) is 26.4 Å². The molecule has 0 aliphatic rings. The molecule has 1 amide bonds. The molecule has 1 N–H and O–H groups in total. The van der Waals surface area contributed by atoms with Gasteiger partial charge >= 0.3 is 5.97 Å². The van der Waals surface area contributed by atoms with Crippen molar-refractivity contribution in [2.45, 2.75) is 26.7 Å². The Morgan fingerprint density at radius 2 is 1.50 bits per heavy atom. The van der Waals surface area contributed by atoms with Crippen LogP contribution in [0.5, 0.6) is 11.5 Å². The zero-order chi connectivity index (χ0) is 21.8. The molecular weight excluding hydrogens is 386 g/mol. The summed E-state index contributed by atoms with van der Waals surface area (Å²) in [6.45, 7) is 4.60. The Morgan fingerprint density at radius 3 is 2.13 bits per heavy atom. The number of carbonyl (C=O) groups excluding carboxylic acids is 3. The van der Waals surface area contributed by atoms with Gasteiger partial charge in [0.05, 0.1) is 19.6 Å². The second-order valence-corrected chi connectivity index (χ2v) is 6.55. The van der Waals surface area contributed by atoms with Crippen molar-refractivity contribution in [2.24, 2.45) is 0 Å². The first-order chi connectivity index (χ1) is 14.5. The van der Waals surface area contributed by atoms with Crippen LogP contribution in [0.1, 0.15) is 35.7 Å². The SMILES string of the molecule is CCOc1ccc(OCCNC(=O)COC(=O)CCC(=O)c2ccc(C)cc2)cc1. The number of amides is 1. The average Bonchev–Trinajstić information content (AvgIpc) is 2.75. The topological polar surface area (TPSA) is 90.9 Å². The number of ketones is 1. The number of nitrogens with one attached hydrogen (secondary N) is 1. The molecule has 0 heterocycles. The summed E-state index contributed by atoms with van der Waals surface area (Å²) < 4.78 is 15.8. The third kappa shape index (κ3) is 8.34. The molecule has 30 heavy (non-hydrogen) atoms. The summed E-state index contributed by atoms with van der Waals surface area (Å²) in [6, 6.07) is 14.3. The molecule has 0 aliphatic heterocycles. The van der Waals surface area contributed by atoms with E-state index in [-0.39, 0.29) is 38.4 Å². The molecule has 0 saturated heterocycles. The third-order valence-electron chi connectivity index (χ3n) is 4.12. The Kier molecular flexibility index (Phi) is 9.37. The van der Waals surface area contributed by atoms with Crippen LogP contribution in [0.2, 0.25) is 0 Å². The van der Waals surface area contributed by atoms with Gasteiger partial charge in [0.1, 0.15) is 18.1 Å². The number of esters is 1. The zero-order valence-corrected chi connectivity index (χ0v) is 17.3. The molecule has 0 fully saturated rings. The van der Waals surface area contributed by atoms with E-state index in [1.807, 2.05) is 26.0 Å². The van der Waals surface area contributed by atoms with Crippen LogP contribution >= 0.6 is 0 Å². The van der Waals surface area contributed by atoms with Gasteiger partial charge in [-0.15, -0.1) is 0 Å². The van der Waals surface area contributed by atoms with Crippen molar-refractivity contribution in [3.8, 4) is 11.5 Å². The fraction of sp³-hybridized carbons (Fsp3) is 0.348. The van der Waals surface area contributed by atoms with Crippen LogP contribution in [-0.4, -0.2) is 44.0 Å². The highest BCUT2D eigenvalue weighted by Crippen LogP contribution is 2.17. The van der Waals surface area contributed by atoms with E-state index in [0.29, 0.717) is 17.9 Å². The van der Waals surface area contributed by atoms with Gasteiger partial charge in [-0.1, -0.05) is 29.8 Å². The van der Waals surface area contributed by atoms with E-state index in [0.717, 1.165) is 11.3 Å². The summed E-state index contributed by atoms with van der Waals surface area (Å²) in [7, 11) is 0. The number of hydrogen-bond donors (Lipinski definition) is 1. The number of aryl methyl sites for hydroxylation is 1. The number of carbonyl (C=O) groups is 3. The third-order valence-corrected chi connectivity index (χ3v) is 4.12. The molecule has 160 valence electrons. The Labute approximate surface area is 176 Å². The predicted molar refractivity (Wildman–Crippen MR) is 112 cm³/mol. The monoisotopic (exact) mass is 413 g/mol. The fourth-order valence-corrected chi connectivity index (χ4v) is 2.53. The molecule has 0 saturated carbocycles. The summed E-state index contributed by atoms with van der Waals surface area (Å²) in [5, 5.41) is 2.60. The average molecular weight is 413 g/mol.